The quantitative estimate of drug-likeness (QED) is 0.920. The summed E-state index contributed by atoms with van der Waals surface area (Å²) >= 11 is 0. The van der Waals surface area contributed by atoms with E-state index in [0.717, 1.165) is 0 Å². The van der Waals surface area contributed by atoms with Crippen LogP contribution in [0.15, 0.2) is 36.4 Å². The summed E-state index contributed by atoms with van der Waals surface area (Å²) in [6.45, 7) is 0.373. The number of benzene rings is 2. The molecule has 0 atom stereocenters. The Morgan fingerprint density at radius 3 is 2.25 bits per heavy atom. The lowest BCUT2D eigenvalue weighted by atomic mass is 10.1. The van der Waals surface area contributed by atoms with E-state index >= 15 is 0 Å². The topological polar surface area (TPSA) is 15.3 Å². The van der Waals surface area contributed by atoms with E-state index in [2.05, 4.69) is 5.32 Å². The van der Waals surface area contributed by atoms with Crippen molar-refractivity contribution in [3.63, 3.8) is 0 Å². The van der Waals surface area contributed by atoms with Gasteiger partial charge in [-0.1, -0.05) is 6.07 Å². The number of nitrogens with zero attached hydrogens (tertiary/aromatic N) is 1. The van der Waals surface area contributed by atoms with E-state index < -0.39 is 17.5 Å². The molecule has 0 aliphatic heterocycles. The number of rotatable bonds is 4. The van der Waals surface area contributed by atoms with Crippen molar-refractivity contribution in [2.24, 2.45) is 0 Å². The first-order valence-electron chi connectivity index (χ1n) is 6.14. The van der Waals surface area contributed by atoms with Crippen LogP contribution in [-0.2, 0) is 6.54 Å². The van der Waals surface area contributed by atoms with Gasteiger partial charge in [0.25, 0.3) is 0 Å². The van der Waals surface area contributed by atoms with Crippen molar-refractivity contribution in [3.8, 4) is 0 Å². The van der Waals surface area contributed by atoms with Crippen molar-refractivity contribution in [1.82, 2.24) is 5.32 Å². The maximum Gasteiger partial charge on any atom is 0.150 e. The first kappa shape index (κ1) is 14.4. The Hall–Kier alpha value is -2.01. The molecule has 0 unspecified atom stereocenters. The summed E-state index contributed by atoms with van der Waals surface area (Å²) in [4.78, 5) is 1.29. The van der Waals surface area contributed by atoms with Gasteiger partial charge in [0.2, 0.25) is 0 Å². The molecule has 0 spiro atoms. The van der Waals surface area contributed by atoms with Crippen LogP contribution in [0.4, 0.5) is 24.5 Å². The molecule has 106 valence electrons. The van der Waals surface area contributed by atoms with E-state index in [-0.39, 0.29) is 5.69 Å². The molecule has 0 fully saturated rings. The van der Waals surface area contributed by atoms with E-state index in [4.69, 9.17) is 0 Å². The molecule has 0 amide bonds. The Morgan fingerprint density at radius 1 is 1.05 bits per heavy atom. The fourth-order valence-electron chi connectivity index (χ4n) is 2.06. The number of halogens is 3. The monoisotopic (exact) mass is 280 g/mol. The smallest absolute Gasteiger partial charge is 0.150 e. The van der Waals surface area contributed by atoms with E-state index in [1.54, 1.807) is 13.1 Å². The predicted molar refractivity (Wildman–Crippen MR) is 73.6 cm³/mol. The van der Waals surface area contributed by atoms with E-state index in [0.29, 0.717) is 17.8 Å². The van der Waals surface area contributed by atoms with Crippen molar-refractivity contribution in [2.45, 2.75) is 6.54 Å². The summed E-state index contributed by atoms with van der Waals surface area (Å²) in [6.07, 6.45) is 0. The van der Waals surface area contributed by atoms with Crippen molar-refractivity contribution in [2.75, 3.05) is 19.0 Å². The van der Waals surface area contributed by atoms with Crippen LogP contribution < -0.4 is 10.2 Å². The van der Waals surface area contributed by atoms with Crippen LogP contribution in [0.3, 0.4) is 0 Å². The van der Waals surface area contributed by atoms with Gasteiger partial charge in [-0.25, -0.2) is 13.2 Å². The second kappa shape index (κ2) is 5.96. The highest BCUT2D eigenvalue weighted by Crippen LogP contribution is 2.30. The van der Waals surface area contributed by atoms with Crippen molar-refractivity contribution in [1.29, 1.82) is 0 Å². The molecule has 0 aromatic heterocycles. The molecule has 2 nitrogen and oxygen atoms in total. The predicted octanol–water partition coefficient (Wildman–Crippen LogP) is 3.59. The maximum absolute atomic E-state index is 14.1. The van der Waals surface area contributed by atoms with E-state index in [9.17, 15) is 13.2 Å². The third-order valence-electron chi connectivity index (χ3n) is 2.99. The highest BCUT2D eigenvalue weighted by Gasteiger charge is 2.16. The molecule has 0 heterocycles. The van der Waals surface area contributed by atoms with Gasteiger partial charge in [-0.3, -0.25) is 0 Å². The van der Waals surface area contributed by atoms with Gasteiger partial charge in [0, 0.05) is 19.3 Å². The summed E-state index contributed by atoms with van der Waals surface area (Å²) in [5.74, 6) is -1.81. The van der Waals surface area contributed by atoms with Crippen LogP contribution in [0.2, 0.25) is 0 Å². The molecule has 0 aliphatic carbocycles. The van der Waals surface area contributed by atoms with E-state index in [1.807, 2.05) is 0 Å². The van der Waals surface area contributed by atoms with Crippen LogP contribution in [0.25, 0.3) is 0 Å². The molecule has 0 saturated heterocycles. The molecule has 0 radical (unpaired) electrons. The number of anilines is 2. The third kappa shape index (κ3) is 2.93. The van der Waals surface area contributed by atoms with Crippen LogP contribution >= 0.6 is 0 Å². The lowest BCUT2D eigenvalue weighted by molar-refractivity contribution is 0.578. The normalized spacial score (nSPS) is 10.7. The Morgan fingerprint density at radius 2 is 1.70 bits per heavy atom. The fraction of sp³-hybridized carbons (Fsp3) is 0.200. The molecule has 5 heteroatoms. The standard InChI is InChI=1S/C15H15F3N2/c1-19-9-10-6-13(17)15(14(18)7-10)20(2)12-5-3-4-11(16)8-12/h3-8,19H,9H2,1-2H3. The molecular formula is C15H15F3N2. The van der Waals surface area contributed by atoms with Gasteiger partial charge in [-0.15, -0.1) is 0 Å². The van der Waals surface area contributed by atoms with Gasteiger partial charge >= 0.3 is 0 Å². The molecule has 2 rings (SSSR count). The minimum absolute atomic E-state index is 0.199. The zero-order chi connectivity index (χ0) is 14.7. The minimum atomic E-state index is -0.679. The Balaban J connectivity index is 2.42. The van der Waals surface area contributed by atoms with Gasteiger partial charge in [0.15, 0.2) is 0 Å². The molecular weight excluding hydrogens is 265 g/mol. The average Bonchev–Trinajstić information content (AvgIpc) is 2.38. The number of nitrogens with one attached hydrogen (secondary N) is 1. The Kier molecular flexibility index (Phi) is 4.29. The van der Waals surface area contributed by atoms with Crippen LogP contribution in [-0.4, -0.2) is 14.1 Å². The summed E-state index contributed by atoms with van der Waals surface area (Å²) < 4.78 is 41.3. The SMILES string of the molecule is CNCc1cc(F)c(N(C)c2cccc(F)c2)c(F)c1. The van der Waals surface area contributed by atoms with Crippen molar-refractivity contribution < 1.29 is 13.2 Å². The second-order valence-electron chi connectivity index (χ2n) is 4.48. The Labute approximate surface area is 115 Å². The van der Waals surface area contributed by atoms with Gasteiger partial charge < -0.3 is 10.2 Å². The largest absolute Gasteiger partial charge is 0.340 e. The molecule has 1 N–H and O–H groups in total. The molecule has 2 aromatic rings. The first-order chi connectivity index (χ1) is 9.52. The van der Waals surface area contributed by atoms with Gasteiger partial charge in [0.05, 0.1) is 0 Å². The number of hydrogen-bond acceptors (Lipinski definition) is 2. The third-order valence-corrected chi connectivity index (χ3v) is 2.99. The van der Waals surface area contributed by atoms with Crippen molar-refractivity contribution in [3.05, 3.63) is 59.4 Å². The lowest BCUT2D eigenvalue weighted by Crippen LogP contribution is -2.15. The summed E-state index contributed by atoms with van der Waals surface area (Å²) in [7, 11) is 3.19. The Bertz CT molecular complexity index is 591. The maximum atomic E-state index is 14.1. The summed E-state index contributed by atoms with van der Waals surface area (Å²) in [5.41, 5.74) is 0.693. The molecule has 0 saturated carbocycles. The molecule has 0 bridgehead atoms. The molecule has 0 aliphatic rings. The highest BCUT2D eigenvalue weighted by molar-refractivity contribution is 5.64. The van der Waals surface area contributed by atoms with Gasteiger partial charge in [0.1, 0.15) is 23.1 Å². The van der Waals surface area contributed by atoms with Gasteiger partial charge in [-0.05, 0) is 42.9 Å². The summed E-state index contributed by atoms with van der Waals surface area (Å²) in [6, 6.07) is 8.12. The molecule has 2 aromatic carbocycles. The van der Waals surface area contributed by atoms with Crippen molar-refractivity contribution >= 4 is 11.4 Å². The average molecular weight is 280 g/mol. The van der Waals surface area contributed by atoms with Crippen LogP contribution in [0, 0.1) is 17.5 Å². The second-order valence-corrected chi connectivity index (χ2v) is 4.48. The lowest BCUT2D eigenvalue weighted by Gasteiger charge is -2.21. The van der Waals surface area contributed by atoms with Crippen LogP contribution in [0.5, 0.6) is 0 Å². The van der Waals surface area contributed by atoms with E-state index in [1.165, 1.54) is 42.3 Å². The molecule has 20 heavy (non-hydrogen) atoms. The number of hydrogen-bond donors (Lipinski definition) is 1. The van der Waals surface area contributed by atoms with Gasteiger partial charge in [-0.2, -0.15) is 0 Å². The minimum Gasteiger partial charge on any atom is -0.340 e. The first-order valence-corrected chi connectivity index (χ1v) is 6.14. The highest BCUT2D eigenvalue weighted by atomic mass is 19.1. The zero-order valence-corrected chi connectivity index (χ0v) is 11.3. The summed E-state index contributed by atoms with van der Waals surface area (Å²) in [5, 5.41) is 2.83. The zero-order valence-electron chi connectivity index (χ0n) is 11.3. The van der Waals surface area contributed by atoms with Crippen LogP contribution in [0.1, 0.15) is 5.56 Å². The fourth-order valence-corrected chi connectivity index (χ4v) is 2.06.